The van der Waals surface area contributed by atoms with Crippen LogP contribution in [0.15, 0.2) is 35.5 Å². The zero-order chi connectivity index (χ0) is 15.6. The first kappa shape index (κ1) is 15.0. The average Bonchev–Trinajstić information content (AvgIpc) is 2.45. The number of benzene rings is 1. The fraction of sp³-hybridized carbons (Fsp3) is 0.333. The molecule has 1 aromatic rings. The smallest absolute Gasteiger partial charge is 0.338 e. The number of nitrogens with zero attached hydrogens (tertiary/aromatic N) is 1. The largest absolute Gasteiger partial charge is 0.463 e. The molecule has 5 nitrogen and oxygen atoms in total. The number of halogens is 1. The van der Waals surface area contributed by atoms with Crippen LogP contribution in [-0.4, -0.2) is 30.6 Å². The summed E-state index contributed by atoms with van der Waals surface area (Å²) in [6, 6.07) is 4.79. The van der Waals surface area contributed by atoms with Crippen LogP contribution >= 0.6 is 0 Å². The van der Waals surface area contributed by atoms with Gasteiger partial charge in [0.25, 0.3) is 0 Å². The minimum absolute atomic E-state index is 0.206. The predicted octanol–water partition coefficient (Wildman–Crippen LogP) is 2.36. The van der Waals surface area contributed by atoms with Crippen molar-refractivity contribution >= 4 is 12.0 Å². The number of carbonyl (C=O) groups is 2. The topological polar surface area (TPSA) is 58.6 Å². The van der Waals surface area contributed by atoms with E-state index < -0.39 is 23.9 Å². The van der Waals surface area contributed by atoms with Gasteiger partial charge in [0, 0.05) is 18.3 Å². The molecule has 1 atom stereocenters. The molecular formula is C15H17FN2O3. The Morgan fingerprint density at radius 1 is 1.43 bits per heavy atom. The molecule has 112 valence electrons. The van der Waals surface area contributed by atoms with Gasteiger partial charge in [0.1, 0.15) is 5.82 Å². The number of esters is 1. The predicted molar refractivity (Wildman–Crippen MR) is 74.8 cm³/mol. The third kappa shape index (κ3) is 2.74. The molecule has 0 spiro atoms. The van der Waals surface area contributed by atoms with E-state index in [1.54, 1.807) is 33.0 Å². The van der Waals surface area contributed by atoms with Crippen LogP contribution in [0.4, 0.5) is 9.18 Å². The summed E-state index contributed by atoms with van der Waals surface area (Å²) in [5.41, 5.74) is 0.927. The molecule has 0 saturated carbocycles. The summed E-state index contributed by atoms with van der Waals surface area (Å²) in [6.07, 6.45) is 0. The van der Waals surface area contributed by atoms with E-state index in [0.29, 0.717) is 5.70 Å². The molecule has 0 aliphatic carbocycles. The maximum atomic E-state index is 14.0. The monoisotopic (exact) mass is 292 g/mol. The van der Waals surface area contributed by atoms with Gasteiger partial charge in [-0.05, 0) is 19.9 Å². The molecule has 0 fully saturated rings. The van der Waals surface area contributed by atoms with Crippen LogP contribution in [0.2, 0.25) is 0 Å². The molecule has 0 radical (unpaired) electrons. The fourth-order valence-electron chi connectivity index (χ4n) is 2.25. The van der Waals surface area contributed by atoms with Gasteiger partial charge < -0.3 is 15.0 Å². The number of nitrogens with one attached hydrogen (secondary N) is 1. The first-order valence-corrected chi connectivity index (χ1v) is 6.63. The van der Waals surface area contributed by atoms with Crippen molar-refractivity contribution in [3.63, 3.8) is 0 Å². The third-order valence-corrected chi connectivity index (χ3v) is 3.47. The number of rotatable bonds is 3. The van der Waals surface area contributed by atoms with Crippen molar-refractivity contribution in [2.75, 3.05) is 13.7 Å². The number of amides is 2. The Bertz CT molecular complexity index is 613. The zero-order valence-electron chi connectivity index (χ0n) is 12.1. The van der Waals surface area contributed by atoms with Gasteiger partial charge >= 0.3 is 12.0 Å². The van der Waals surface area contributed by atoms with E-state index in [1.165, 1.54) is 17.0 Å². The summed E-state index contributed by atoms with van der Waals surface area (Å²) in [5.74, 6) is -1.04. The lowest BCUT2D eigenvalue weighted by molar-refractivity contribution is -0.139. The van der Waals surface area contributed by atoms with Gasteiger partial charge in [-0.25, -0.2) is 14.0 Å². The number of urea groups is 1. The summed E-state index contributed by atoms with van der Waals surface area (Å²) in [4.78, 5) is 25.4. The van der Waals surface area contributed by atoms with Crippen LogP contribution in [0.3, 0.4) is 0 Å². The Labute approximate surface area is 122 Å². The highest BCUT2D eigenvalue weighted by Gasteiger charge is 2.35. The molecule has 1 heterocycles. The maximum Gasteiger partial charge on any atom is 0.338 e. The first-order valence-electron chi connectivity index (χ1n) is 6.63. The second-order valence-electron chi connectivity index (χ2n) is 4.68. The molecule has 2 amide bonds. The molecular weight excluding hydrogens is 275 g/mol. The van der Waals surface area contributed by atoms with Crippen molar-refractivity contribution in [2.24, 2.45) is 0 Å². The van der Waals surface area contributed by atoms with E-state index in [2.05, 4.69) is 5.32 Å². The molecule has 0 aromatic heterocycles. The van der Waals surface area contributed by atoms with Crippen molar-refractivity contribution in [2.45, 2.75) is 19.9 Å². The van der Waals surface area contributed by atoms with Crippen molar-refractivity contribution in [3.05, 3.63) is 46.9 Å². The van der Waals surface area contributed by atoms with E-state index in [-0.39, 0.29) is 17.7 Å². The Hall–Kier alpha value is -2.37. The minimum Gasteiger partial charge on any atom is -0.463 e. The second kappa shape index (κ2) is 5.95. The normalized spacial score (nSPS) is 18.6. The van der Waals surface area contributed by atoms with E-state index in [9.17, 15) is 14.0 Å². The fourth-order valence-corrected chi connectivity index (χ4v) is 2.25. The summed E-state index contributed by atoms with van der Waals surface area (Å²) in [7, 11) is 1.54. The Kier molecular flexibility index (Phi) is 4.26. The Balaban J connectivity index is 2.54. The third-order valence-electron chi connectivity index (χ3n) is 3.47. The molecule has 1 aromatic carbocycles. The first-order chi connectivity index (χ1) is 9.97. The highest BCUT2D eigenvalue weighted by Crippen LogP contribution is 2.31. The van der Waals surface area contributed by atoms with Crippen LogP contribution in [0.5, 0.6) is 0 Å². The van der Waals surface area contributed by atoms with Crippen LogP contribution in [0.25, 0.3) is 0 Å². The van der Waals surface area contributed by atoms with Gasteiger partial charge in [-0.15, -0.1) is 0 Å². The summed E-state index contributed by atoms with van der Waals surface area (Å²) in [6.45, 7) is 3.53. The number of carbonyl (C=O) groups excluding carboxylic acids is 2. The highest BCUT2D eigenvalue weighted by molar-refractivity contribution is 5.94. The van der Waals surface area contributed by atoms with Gasteiger partial charge in [0.2, 0.25) is 0 Å². The van der Waals surface area contributed by atoms with Gasteiger partial charge in [-0.3, -0.25) is 0 Å². The SMILES string of the molecule is CCOC(=O)C1=C(C)N(C)C(=O)N[C@H]1c1ccccc1F. The van der Waals surface area contributed by atoms with Crippen LogP contribution in [-0.2, 0) is 9.53 Å². The Morgan fingerprint density at radius 2 is 2.10 bits per heavy atom. The van der Waals surface area contributed by atoms with Crippen molar-refractivity contribution < 1.29 is 18.7 Å². The molecule has 1 aliphatic heterocycles. The summed E-state index contributed by atoms with van der Waals surface area (Å²) >= 11 is 0. The lowest BCUT2D eigenvalue weighted by atomic mass is 9.94. The molecule has 0 bridgehead atoms. The van der Waals surface area contributed by atoms with Crippen molar-refractivity contribution in [3.8, 4) is 0 Å². The van der Waals surface area contributed by atoms with Crippen LogP contribution in [0.1, 0.15) is 25.5 Å². The number of allylic oxidation sites excluding steroid dienone is 1. The quantitative estimate of drug-likeness (QED) is 0.870. The standard InChI is InChI=1S/C15H17FN2O3/c1-4-21-14(19)12-9(2)18(3)15(20)17-13(12)10-7-5-6-8-11(10)16/h5-8,13H,4H2,1-3H3,(H,17,20)/t13-/m0/s1. The van der Waals surface area contributed by atoms with Crippen molar-refractivity contribution in [1.82, 2.24) is 10.2 Å². The molecule has 2 rings (SSSR count). The highest BCUT2D eigenvalue weighted by atomic mass is 19.1. The summed E-state index contributed by atoms with van der Waals surface area (Å²) in [5, 5.41) is 2.63. The van der Waals surface area contributed by atoms with E-state index in [4.69, 9.17) is 4.74 Å². The van der Waals surface area contributed by atoms with Crippen LogP contribution < -0.4 is 5.32 Å². The summed E-state index contributed by atoms with van der Waals surface area (Å²) < 4.78 is 19.0. The lowest BCUT2D eigenvalue weighted by Gasteiger charge is -2.33. The van der Waals surface area contributed by atoms with E-state index in [0.717, 1.165) is 0 Å². The van der Waals surface area contributed by atoms with Crippen LogP contribution in [0, 0.1) is 5.82 Å². The van der Waals surface area contributed by atoms with Crippen molar-refractivity contribution in [1.29, 1.82) is 0 Å². The number of ether oxygens (including phenoxy) is 1. The lowest BCUT2D eigenvalue weighted by Crippen LogP contribution is -2.46. The van der Waals surface area contributed by atoms with E-state index >= 15 is 0 Å². The molecule has 1 aliphatic rings. The molecule has 6 heteroatoms. The number of hydrogen-bond donors (Lipinski definition) is 1. The molecule has 1 N–H and O–H groups in total. The molecule has 21 heavy (non-hydrogen) atoms. The van der Waals surface area contributed by atoms with Gasteiger partial charge in [0.05, 0.1) is 18.2 Å². The van der Waals surface area contributed by atoms with E-state index in [1.807, 2.05) is 0 Å². The van der Waals surface area contributed by atoms with Gasteiger partial charge in [-0.2, -0.15) is 0 Å². The van der Waals surface area contributed by atoms with Gasteiger partial charge in [0.15, 0.2) is 0 Å². The average molecular weight is 292 g/mol. The zero-order valence-corrected chi connectivity index (χ0v) is 12.1. The van der Waals surface area contributed by atoms with Gasteiger partial charge in [-0.1, -0.05) is 18.2 Å². The number of hydrogen-bond acceptors (Lipinski definition) is 3. The maximum absolute atomic E-state index is 14.0. The minimum atomic E-state index is -0.853. The molecule has 0 saturated heterocycles. The molecule has 0 unspecified atom stereocenters. The second-order valence-corrected chi connectivity index (χ2v) is 4.68. The Morgan fingerprint density at radius 3 is 2.71 bits per heavy atom.